The van der Waals surface area contributed by atoms with Gasteiger partial charge in [0.15, 0.2) is 0 Å². The third-order valence-corrected chi connectivity index (χ3v) is 6.10. The van der Waals surface area contributed by atoms with Crippen LogP contribution in [0, 0.1) is 0 Å². The highest BCUT2D eigenvalue weighted by Crippen LogP contribution is 2.19. The Labute approximate surface area is 194 Å². The van der Waals surface area contributed by atoms with E-state index in [4.69, 9.17) is 20.8 Å². The second-order valence-corrected chi connectivity index (χ2v) is 8.95. The molecule has 0 aliphatic carbocycles. The maximum atomic E-state index is 13.0. The number of carbonyl (C=O) groups excluding carboxylic acids is 1. The third-order valence-electron chi connectivity index (χ3n) is 4.62. The van der Waals surface area contributed by atoms with Crippen LogP contribution in [-0.2, 0) is 10.0 Å². The fourth-order valence-electron chi connectivity index (χ4n) is 2.98. The molecule has 0 saturated carbocycles. The first-order valence-electron chi connectivity index (χ1n) is 9.65. The van der Waals surface area contributed by atoms with Crippen molar-refractivity contribution in [3.8, 4) is 5.75 Å². The maximum Gasteiger partial charge on any atom is 0.276 e. The van der Waals surface area contributed by atoms with Crippen LogP contribution in [0.4, 0.5) is 5.69 Å². The van der Waals surface area contributed by atoms with Crippen LogP contribution in [-0.4, -0.2) is 21.4 Å². The van der Waals surface area contributed by atoms with Gasteiger partial charge in [0, 0.05) is 22.2 Å². The number of amides is 1. The first kappa shape index (κ1) is 22.4. The summed E-state index contributed by atoms with van der Waals surface area (Å²) in [5.41, 5.74) is 0.752. The highest BCUT2D eigenvalue weighted by atomic mass is 35.5. The molecule has 10 heteroatoms. The minimum atomic E-state index is -4.02. The topological polar surface area (TPSA) is 110 Å². The van der Waals surface area contributed by atoms with Crippen LogP contribution in [0.1, 0.15) is 10.4 Å². The zero-order valence-electron chi connectivity index (χ0n) is 17.3. The summed E-state index contributed by atoms with van der Waals surface area (Å²) in [5, 5.41) is 7.68. The summed E-state index contributed by atoms with van der Waals surface area (Å²) in [6.07, 6.45) is 0. The molecular weight excluding hydrogens is 466 g/mol. The number of fused-ring (bicyclic) bond motifs is 1. The van der Waals surface area contributed by atoms with Crippen molar-refractivity contribution in [1.29, 1.82) is 0 Å². The Balaban J connectivity index is 1.74. The van der Waals surface area contributed by atoms with Crippen molar-refractivity contribution in [2.45, 2.75) is 4.90 Å². The molecule has 0 spiro atoms. The Kier molecular flexibility index (Phi) is 6.34. The van der Waals surface area contributed by atoms with Crippen LogP contribution in [0.2, 0.25) is 5.02 Å². The summed E-state index contributed by atoms with van der Waals surface area (Å²) in [6, 6.07) is 21.0. The smallest absolute Gasteiger partial charge is 0.276 e. The van der Waals surface area contributed by atoms with E-state index in [9.17, 15) is 13.2 Å². The number of nitrogens with one attached hydrogen (secondary N) is 2. The van der Waals surface area contributed by atoms with E-state index in [-0.39, 0.29) is 16.0 Å². The van der Waals surface area contributed by atoms with E-state index >= 15 is 0 Å². The quantitative estimate of drug-likeness (QED) is 0.400. The van der Waals surface area contributed by atoms with Crippen LogP contribution < -0.4 is 20.4 Å². The number of methoxy groups -OCH3 is 1. The Hall–Kier alpha value is -3.82. The van der Waals surface area contributed by atoms with Crippen molar-refractivity contribution in [2.75, 3.05) is 12.4 Å². The number of rotatable bonds is 6. The number of hydrogen-bond acceptors (Lipinski definition) is 6. The first-order chi connectivity index (χ1) is 15.9. The fraction of sp³-hybridized carbons (Fsp3) is 0.0435. The summed E-state index contributed by atoms with van der Waals surface area (Å²) in [5.74, 6) is 0.0267. The Morgan fingerprint density at radius 1 is 1.00 bits per heavy atom. The van der Waals surface area contributed by atoms with Crippen LogP contribution in [0.15, 0.2) is 93.3 Å². The lowest BCUT2D eigenvalue weighted by Crippen LogP contribution is -2.27. The van der Waals surface area contributed by atoms with Crippen LogP contribution in [0.25, 0.3) is 11.0 Å². The number of para-hydroxylation sites is 1. The normalized spacial score (nSPS) is 11.9. The van der Waals surface area contributed by atoms with Gasteiger partial charge >= 0.3 is 0 Å². The van der Waals surface area contributed by atoms with E-state index in [1.165, 1.54) is 31.4 Å². The molecule has 0 unspecified atom stereocenters. The minimum absolute atomic E-state index is 0.0373. The highest BCUT2D eigenvalue weighted by molar-refractivity contribution is 7.89. The van der Waals surface area contributed by atoms with E-state index < -0.39 is 15.9 Å². The number of nitrogens with zero attached hydrogens (tertiary/aromatic N) is 1. The molecule has 0 saturated heterocycles. The average molecular weight is 484 g/mol. The van der Waals surface area contributed by atoms with Crippen molar-refractivity contribution in [3.05, 3.63) is 95.0 Å². The number of benzene rings is 3. The van der Waals surface area contributed by atoms with Crippen molar-refractivity contribution in [3.63, 3.8) is 0 Å². The second-order valence-electron chi connectivity index (χ2n) is 6.85. The summed E-state index contributed by atoms with van der Waals surface area (Å²) in [7, 11) is -2.50. The number of ether oxygens (including phenoxy) is 1. The van der Waals surface area contributed by atoms with Gasteiger partial charge in [-0.2, -0.15) is 13.2 Å². The van der Waals surface area contributed by atoms with Gasteiger partial charge in [0.1, 0.15) is 16.9 Å². The molecule has 0 fully saturated rings. The molecule has 0 aliphatic heterocycles. The molecular formula is C23H18ClN3O5S. The van der Waals surface area contributed by atoms with Gasteiger partial charge in [0.05, 0.1) is 12.0 Å². The van der Waals surface area contributed by atoms with E-state index in [0.29, 0.717) is 27.4 Å². The molecule has 3 aromatic carbocycles. The number of carbonyl (C=O) groups is 1. The van der Waals surface area contributed by atoms with E-state index in [1.54, 1.807) is 54.6 Å². The van der Waals surface area contributed by atoms with Gasteiger partial charge < -0.3 is 14.5 Å². The molecule has 33 heavy (non-hydrogen) atoms. The Morgan fingerprint density at radius 3 is 2.52 bits per heavy atom. The lowest BCUT2D eigenvalue weighted by Gasteiger charge is -2.08. The van der Waals surface area contributed by atoms with Gasteiger partial charge in [-0.15, -0.1) is 5.10 Å². The SMILES string of the molecule is COc1cccc(NC(=O)c2cc3ccccc3o/c2=N\NS(=O)(=O)c2ccc(Cl)cc2)c1. The molecule has 1 heterocycles. The largest absolute Gasteiger partial charge is 0.497 e. The molecule has 2 N–H and O–H groups in total. The predicted octanol–water partition coefficient (Wildman–Crippen LogP) is 4.14. The van der Waals surface area contributed by atoms with Crippen LogP contribution in [0.3, 0.4) is 0 Å². The van der Waals surface area contributed by atoms with Crippen molar-refractivity contribution in [1.82, 2.24) is 4.83 Å². The first-order valence-corrected chi connectivity index (χ1v) is 11.5. The maximum absolute atomic E-state index is 13.0. The Bertz CT molecular complexity index is 1500. The molecule has 0 radical (unpaired) electrons. The van der Waals surface area contributed by atoms with Gasteiger partial charge in [0.25, 0.3) is 15.9 Å². The van der Waals surface area contributed by atoms with Gasteiger partial charge in [-0.3, -0.25) is 4.79 Å². The van der Waals surface area contributed by atoms with Gasteiger partial charge in [-0.25, -0.2) is 0 Å². The molecule has 1 aromatic heterocycles. The predicted molar refractivity (Wildman–Crippen MR) is 124 cm³/mol. The molecule has 0 aliphatic rings. The monoisotopic (exact) mass is 483 g/mol. The number of hydrogen-bond donors (Lipinski definition) is 2. The standard InChI is InChI=1S/C23H18ClN3O5S/c1-31-18-7-4-6-17(14-18)25-22(28)20-13-15-5-2-3-8-21(15)32-23(20)26-27-33(29,30)19-11-9-16(24)10-12-19/h2-14,27H,1H3,(H,25,28)/b26-23-. The summed E-state index contributed by atoms with van der Waals surface area (Å²) >= 11 is 5.83. The molecule has 0 atom stereocenters. The van der Waals surface area contributed by atoms with Crippen molar-refractivity contribution in [2.24, 2.45) is 5.10 Å². The molecule has 168 valence electrons. The highest BCUT2D eigenvalue weighted by Gasteiger charge is 2.16. The lowest BCUT2D eigenvalue weighted by molar-refractivity contribution is 0.102. The molecule has 8 nitrogen and oxygen atoms in total. The number of anilines is 1. The third kappa shape index (κ3) is 5.16. The van der Waals surface area contributed by atoms with Crippen molar-refractivity contribution >= 4 is 44.2 Å². The van der Waals surface area contributed by atoms with Gasteiger partial charge in [-0.1, -0.05) is 35.9 Å². The van der Waals surface area contributed by atoms with Crippen LogP contribution >= 0.6 is 11.6 Å². The average Bonchev–Trinajstić information content (AvgIpc) is 2.82. The summed E-state index contributed by atoms with van der Waals surface area (Å²) in [6.45, 7) is 0. The Morgan fingerprint density at radius 2 is 1.76 bits per heavy atom. The minimum Gasteiger partial charge on any atom is -0.497 e. The van der Waals surface area contributed by atoms with E-state index in [0.717, 1.165) is 0 Å². The zero-order chi connectivity index (χ0) is 23.4. The molecule has 4 rings (SSSR count). The molecule has 0 bridgehead atoms. The van der Waals surface area contributed by atoms with E-state index in [1.807, 2.05) is 0 Å². The number of sulfonamides is 1. The summed E-state index contributed by atoms with van der Waals surface area (Å²) < 4.78 is 36.2. The zero-order valence-corrected chi connectivity index (χ0v) is 18.9. The lowest BCUT2D eigenvalue weighted by atomic mass is 10.1. The number of halogens is 1. The second kappa shape index (κ2) is 9.35. The van der Waals surface area contributed by atoms with Gasteiger partial charge in [-0.05, 0) is 48.5 Å². The fourth-order valence-corrected chi connectivity index (χ4v) is 3.91. The van der Waals surface area contributed by atoms with Crippen LogP contribution in [0.5, 0.6) is 5.75 Å². The van der Waals surface area contributed by atoms with Crippen molar-refractivity contribution < 1.29 is 22.4 Å². The van der Waals surface area contributed by atoms with Gasteiger partial charge in [0.2, 0.25) is 5.55 Å². The molecule has 1 amide bonds. The molecule has 4 aromatic rings. The summed E-state index contributed by atoms with van der Waals surface area (Å²) in [4.78, 5) is 15.1. The van der Waals surface area contributed by atoms with E-state index in [2.05, 4.69) is 15.2 Å².